The van der Waals surface area contributed by atoms with E-state index in [2.05, 4.69) is 12.2 Å². The van der Waals surface area contributed by atoms with E-state index in [1.807, 2.05) is 45.9 Å². The zero-order valence-electron chi connectivity index (χ0n) is 24.0. The highest BCUT2D eigenvalue weighted by molar-refractivity contribution is 5.78. The summed E-state index contributed by atoms with van der Waals surface area (Å²) in [5, 5.41) is 25.3. The largest absolute Gasteiger partial charge is 0.496 e. The highest BCUT2D eigenvalue weighted by Crippen LogP contribution is 2.35. The van der Waals surface area contributed by atoms with Gasteiger partial charge in [0.05, 0.1) is 25.9 Å². The van der Waals surface area contributed by atoms with E-state index in [-0.39, 0.29) is 36.4 Å². The molecule has 0 spiro atoms. The Morgan fingerprint density at radius 1 is 1.08 bits per heavy atom. The maximum Gasteiger partial charge on any atom is 0.223 e. The molecule has 0 saturated heterocycles. The number of unbranched alkanes of at least 4 members (excludes halogenated alkanes) is 1. The molecule has 1 rings (SSSR count). The van der Waals surface area contributed by atoms with Gasteiger partial charge in [-0.1, -0.05) is 47.1 Å². The summed E-state index contributed by atoms with van der Waals surface area (Å²) in [7, 11) is 3.20. The van der Waals surface area contributed by atoms with Crippen molar-refractivity contribution in [3.8, 4) is 5.75 Å². The van der Waals surface area contributed by atoms with Gasteiger partial charge in [0.15, 0.2) is 0 Å². The number of hydrogen-bond donors (Lipinski definition) is 4. The standard InChI is InChI=1S/C29H52N2O6/c1-8-9-13-31-29(34)24(20(4)5)17-26(32)25(30)16-23(19(2)3)28(33)22-10-11-27(36-7)21(15-22)12-14-37-18-35-6/h10-11,15,19-20,23-26,28,32-33H,8-9,12-14,16-18,30H2,1-7H3,(H,31,34)/t23-,24-,25-,26-,28-/m0/s1. The summed E-state index contributed by atoms with van der Waals surface area (Å²) in [5.41, 5.74) is 8.19. The second-order valence-electron chi connectivity index (χ2n) is 10.7. The van der Waals surface area contributed by atoms with Crippen molar-refractivity contribution in [3.05, 3.63) is 29.3 Å². The number of nitrogens with two attached hydrogens (primary N) is 1. The second-order valence-corrected chi connectivity index (χ2v) is 10.7. The van der Waals surface area contributed by atoms with Crippen molar-refractivity contribution in [2.45, 2.75) is 85.0 Å². The SMILES string of the molecule is CCCCNC(=O)[C@@H](C[C@H](O)[C@@H](N)C[C@@H](C(C)C)[C@@H](O)c1ccc(OC)c(CCOCOC)c1)C(C)C. The molecule has 1 aromatic rings. The van der Waals surface area contributed by atoms with E-state index in [1.54, 1.807) is 14.2 Å². The topological polar surface area (TPSA) is 123 Å². The van der Waals surface area contributed by atoms with Crippen molar-refractivity contribution < 1.29 is 29.2 Å². The molecular weight excluding hydrogens is 472 g/mol. The number of hydrogen-bond acceptors (Lipinski definition) is 7. The normalized spacial score (nSPS) is 15.9. The van der Waals surface area contributed by atoms with Crippen LogP contribution in [0.5, 0.6) is 5.75 Å². The van der Waals surface area contributed by atoms with Gasteiger partial charge in [0, 0.05) is 25.6 Å². The molecule has 214 valence electrons. The molecule has 0 aromatic heterocycles. The van der Waals surface area contributed by atoms with Gasteiger partial charge < -0.3 is 35.5 Å². The van der Waals surface area contributed by atoms with Gasteiger partial charge in [-0.2, -0.15) is 0 Å². The fourth-order valence-electron chi connectivity index (χ4n) is 4.62. The zero-order valence-corrected chi connectivity index (χ0v) is 24.0. The number of aliphatic hydroxyl groups excluding tert-OH is 2. The predicted molar refractivity (Wildman–Crippen MR) is 147 cm³/mol. The first kappa shape index (κ1) is 33.3. The summed E-state index contributed by atoms with van der Waals surface area (Å²) in [5.74, 6) is 0.427. The fraction of sp³-hybridized carbons (Fsp3) is 0.759. The molecule has 5 N–H and O–H groups in total. The predicted octanol–water partition coefficient (Wildman–Crippen LogP) is 3.82. The van der Waals surface area contributed by atoms with Gasteiger partial charge >= 0.3 is 0 Å². The minimum Gasteiger partial charge on any atom is -0.496 e. The number of methoxy groups -OCH3 is 2. The molecule has 8 heteroatoms. The monoisotopic (exact) mass is 524 g/mol. The van der Waals surface area contributed by atoms with Crippen LogP contribution in [0.1, 0.15) is 77.5 Å². The highest BCUT2D eigenvalue weighted by Gasteiger charge is 2.32. The Labute approximate surface area is 224 Å². The lowest BCUT2D eigenvalue weighted by Crippen LogP contribution is -2.43. The summed E-state index contributed by atoms with van der Waals surface area (Å²) in [6, 6.07) is 5.12. The summed E-state index contributed by atoms with van der Waals surface area (Å²) >= 11 is 0. The Balaban J connectivity index is 2.93. The number of amides is 1. The lowest BCUT2D eigenvalue weighted by molar-refractivity contribution is -0.127. The third-order valence-corrected chi connectivity index (χ3v) is 7.13. The molecule has 0 heterocycles. The molecule has 1 amide bonds. The van der Waals surface area contributed by atoms with Crippen molar-refractivity contribution in [1.82, 2.24) is 5.32 Å². The van der Waals surface area contributed by atoms with Crippen LogP contribution < -0.4 is 15.8 Å². The third-order valence-electron chi connectivity index (χ3n) is 7.13. The number of aliphatic hydroxyl groups is 2. The summed E-state index contributed by atoms with van der Waals surface area (Å²) < 4.78 is 15.9. The van der Waals surface area contributed by atoms with Gasteiger partial charge in [-0.25, -0.2) is 0 Å². The Bertz CT molecular complexity index is 773. The first-order valence-electron chi connectivity index (χ1n) is 13.7. The van der Waals surface area contributed by atoms with E-state index in [0.29, 0.717) is 32.4 Å². The fourth-order valence-corrected chi connectivity index (χ4v) is 4.62. The number of carbonyl (C=O) groups excluding carboxylic acids is 1. The molecule has 0 radical (unpaired) electrons. The van der Waals surface area contributed by atoms with E-state index in [1.165, 1.54) is 0 Å². The van der Waals surface area contributed by atoms with Gasteiger partial charge in [0.2, 0.25) is 5.91 Å². The van der Waals surface area contributed by atoms with Gasteiger partial charge in [-0.3, -0.25) is 4.79 Å². The quantitative estimate of drug-likeness (QED) is 0.160. The van der Waals surface area contributed by atoms with Crippen molar-refractivity contribution in [2.75, 3.05) is 34.2 Å². The summed E-state index contributed by atoms with van der Waals surface area (Å²) in [6.07, 6.45) is 1.68. The highest BCUT2D eigenvalue weighted by atomic mass is 16.7. The second kappa shape index (κ2) is 17.7. The first-order valence-corrected chi connectivity index (χ1v) is 13.7. The van der Waals surface area contributed by atoms with Crippen LogP contribution in [-0.2, 0) is 20.7 Å². The van der Waals surface area contributed by atoms with E-state index < -0.39 is 18.2 Å². The van der Waals surface area contributed by atoms with Crippen LogP contribution in [0, 0.1) is 23.7 Å². The average Bonchev–Trinajstić information content (AvgIpc) is 2.87. The Hall–Kier alpha value is -1.71. The van der Waals surface area contributed by atoms with Crippen molar-refractivity contribution in [1.29, 1.82) is 0 Å². The van der Waals surface area contributed by atoms with Crippen LogP contribution in [-0.4, -0.2) is 62.4 Å². The minimum atomic E-state index is -0.845. The molecule has 0 aliphatic heterocycles. The Morgan fingerprint density at radius 2 is 1.78 bits per heavy atom. The van der Waals surface area contributed by atoms with Crippen LogP contribution in [0.2, 0.25) is 0 Å². The number of rotatable bonds is 19. The number of carbonyl (C=O) groups is 1. The maximum atomic E-state index is 12.7. The third kappa shape index (κ3) is 11.3. The molecule has 0 unspecified atom stereocenters. The Morgan fingerprint density at radius 3 is 2.35 bits per heavy atom. The first-order chi connectivity index (χ1) is 17.6. The van der Waals surface area contributed by atoms with E-state index in [0.717, 1.165) is 29.7 Å². The number of ether oxygens (including phenoxy) is 3. The van der Waals surface area contributed by atoms with Gasteiger partial charge in [-0.15, -0.1) is 0 Å². The zero-order chi connectivity index (χ0) is 28.0. The van der Waals surface area contributed by atoms with Crippen molar-refractivity contribution in [3.63, 3.8) is 0 Å². The lowest BCUT2D eigenvalue weighted by atomic mass is 9.79. The van der Waals surface area contributed by atoms with E-state index in [9.17, 15) is 15.0 Å². The van der Waals surface area contributed by atoms with Gasteiger partial charge in [-0.05, 0) is 66.7 Å². The molecule has 0 aliphatic carbocycles. The molecule has 8 nitrogen and oxygen atoms in total. The van der Waals surface area contributed by atoms with Crippen LogP contribution in [0.3, 0.4) is 0 Å². The van der Waals surface area contributed by atoms with Crippen LogP contribution >= 0.6 is 0 Å². The smallest absolute Gasteiger partial charge is 0.223 e. The van der Waals surface area contributed by atoms with Crippen molar-refractivity contribution in [2.24, 2.45) is 29.4 Å². The summed E-state index contributed by atoms with van der Waals surface area (Å²) in [4.78, 5) is 12.7. The molecule has 0 aliphatic rings. The molecule has 0 fully saturated rings. The molecule has 0 bridgehead atoms. The van der Waals surface area contributed by atoms with Crippen molar-refractivity contribution >= 4 is 5.91 Å². The van der Waals surface area contributed by atoms with Gasteiger partial charge in [0.25, 0.3) is 0 Å². The summed E-state index contributed by atoms with van der Waals surface area (Å²) in [6.45, 7) is 11.5. The molecular formula is C29H52N2O6. The minimum absolute atomic E-state index is 0.0321. The van der Waals surface area contributed by atoms with Gasteiger partial charge in [0.1, 0.15) is 12.5 Å². The lowest BCUT2D eigenvalue weighted by Gasteiger charge is -2.32. The van der Waals surface area contributed by atoms with Crippen LogP contribution in [0.15, 0.2) is 18.2 Å². The Kier molecular flexibility index (Phi) is 16.0. The number of benzene rings is 1. The molecule has 5 atom stereocenters. The molecule has 0 saturated carbocycles. The molecule has 1 aromatic carbocycles. The molecule has 37 heavy (non-hydrogen) atoms. The maximum absolute atomic E-state index is 12.7. The van der Waals surface area contributed by atoms with Crippen LogP contribution in [0.25, 0.3) is 0 Å². The van der Waals surface area contributed by atoms with E-state index in [4.69, 9.17) is 19.9 Å². The van der Waals surface area contributed by atoms with E-state index >= 15 is 0 Å². The number of nitrogens with one attached hydrogen (secondary N) is 1. The van der Waals surface area contributed by atoms with Crippen LogP contribution in [0.4, 0.5) is 0 Å². The average molecular weight is 525 g/mol.